The van der Waals surface area contributed by atoms with Crippen LogP contribution in [0.3, 0.4) is 0 Å². The number of hydrogen-bond donors (Lipinski definition) is 0. The van der Waals surface area contributed by atoms with E-state index in [0.717, 1.165) is 0 Å². The fourth-order valence-electron chi connectivity index (χ4n) is 4.00. The van der Waals surface area contributed by atoms with E-state index in [9.17, 15) is 18.0 Å². The fraction of sp³-hybridized carbons (Fsp3) is 0.214. The van der Waals surface area contributed by atoms with Gasteiger partial charge < -0.3 is 23.7 Å². The van der Waals surface area contributed by atoms with Gasteiger partial charge in [0, 0.05) is 22.7 Å². The molecule has 0 bridgehead atoms. The molecule has 0 spiro atoms. The highest BCUT2D eigenvalue weighted by Crippen LogP contribution is 2.42. The molecule has 0 radical (unpaired) electrons. The molecule has 0 saturated heterocycles. The molecule has 1 aromatic heterocycles. The second-order valence-electron chi connectivity index (χ2n) is 8.15. The van der Waals surface area contributed by atoms with Crippen molar-refractivity contribution in [3.05, 3.63) is 71.4 Å². The van der Waals surface area contributed by atoms with Crippen molar-refractivity contribution in [1.29, 1.82) is 0 Å². The Morgan fingerprint density at radius 1 is 0.974 bits per heavy atom. The molecule has 0 N–H and O–H groups in total. The zero-order valence-electron chi connectivity index (χ0n) is 21.1. The topological polar surface area (TPSA) is 76.1 Å². The molecule has 0 amide bonds. The van der Waals surface area contributed by atoms with Gasteiger partial charge >= 0.3 is 12.5 Å². The van der Waals surface area contributed by atoms with E-state index in [1.165, 1.54) is 25.3 Å². The average molecular weight is 562 g/mol. The molecule has 3 aromatic carbocycles. The van der Waals surface area contributed by atoms with E-state index in [2.05, 4.69) is 9.72 Å². The van der Waals surface area contributed by atoms with E-state index in [4.69, 9.17) is 30.5 Å². The summed E-state index contributed by atoms with van der Waals surface area (Å²) < 4.78 is 63.0. The number of fused-ring (bicyclic) bond motifs is 1. The molecular formula is C28H23ClF3NO6. The number of carbonyl (C=O) groups is 1. The summed E-state index contributed by atoms with van der Waals surface area (Å²) in [5, 5.41) is 0.879. The van der Waals surface area contributed by atoms with Crippen LogP contribution in [0.1, 0.15) is 12.6 Å². The van der Waals surface area contributed by atoms with Gasteiger partial charge in [-0.1, -0.05) is 48.0 Å². The molecule has 0 aliphatic rings. The fourth-order valence-corrected chi connectivity index (χ4v) is 4.24. The highest BCUT2D eigenvalue weighted by Gasteiger charge is 2.31. The Labute approximate surface area is 227 Å². The molecule has 0 atom stereocenters. The van der Waals surface area contributed by atoms with Crippen molar-refractivity contribution in [2.75, 3.05) is 20.5 Å². The Morgan fingerprint density at radius 2 is 1.69 bits per heavy atom. The van der Waals surface area contributed by atoms with E-state index < -0.39 is 19.3 Å². The van der Waals surface area contributed by atoms with Crippen molar-refractivity contribution in [2.45, 2.75) is 20.2 Å². The van der Waals surface area contributed by atoms with Gasteiger partial charge in [0.1, 0.15) is 17.2 Å². The maximum absolute atomic E-state index is 12.7. The number of nitrogens with zero attached hydrogens (tertiary/aromatic N) is 1. The zero-order chi connectivity index (χ0) is 28.2. The van der Waals surface area contributed by atoms with Crippen LogP contribution in [0, 0.1) is 6.92 Å². The monoisotopic (exact) mass is 561 g/mol. The summed E-state index contributed by atoms with van der Waals surface area (Å²) in [5.74, 6) is 0.474. The summed E-state index contributed by atoms with van der Waals surface area (Å²) in [6.45, 7) is 3.16. The van der Waals surface area contributed by atoms with Crippen LogP contribution >= 0.6 is 11.6 Å². The Hall–Kier alpha value is -4.18. The predicted octanol–water partition coefficient (Wildman–Crippen LogP) is 7.95. The van der Waals surface area contributed by atoms with Gasteiger partial charge in [-0.25, -0.2) is 4.79 Å². The summed E-state index contributed by atoms with van der Waals surface area (Å²) in [6, 6.07) is 16.1. The highest BCUT2D eigenvalue weighted by atomic mass is 35.5. The Balaban J connectivity index is 1.74. The number of hydrogen-bond acceptors (Lipinski definition) is 7. The van der Waals surface area contributed by atoms with E-state index in [0.29, 0.717) is 55.4 Å². The lowest BCUT2D eigenvalue weighted by Crippen LogP contribution is -2.17. The van der Waals surface area contributed by atoms with Crippen LogP contribution in [0.25, 0.3) is 33.2 Å². The Kier molecular flexibility index (Phi) is 8.35. The molecule has 11 heteroatoms. The number of aromatic nitrogens is 1. The van der Waals surface area contributed by atoms with Gasteiger partial charge in [0.15, 0.2) is 0 Å². The quantitative estimate of drug-likeness (QED) is 0.160. The highest BCUT2D eigenvalue weighted by molar-refractivity contribution is 6.33. The van der Waals surface area contributed by atoms with Gasteiger partial charge in [-0.2, -0.15) is 0 Å². The minimum Gasteiger partial charge on any atom is -0.495 e. The molecule has 4 aromatic rings. The number of methoxy groups -OCH3 is 1. The van der Waals surface area contributed by atoms with Crippen molar-refractivity contribution < 1.29 is 41.7 Å². The first-order chi connectivity index (χ1) is 18.6. The standard InChI is InChI=1S/C28H23ClF3NO6/c1-4-36-27(34)38-15-37-26-21-13-22(29)24(35-3)14-23(21)33-16(2)25(26)18-10-8-17(9-11-18)19-6-5-7-20(12-19)39-28(30,31)32/h5-14H,4,15H2,1-3H3. The molecule has 0 aliphatic carbocycles. The third kappa shape index (κ3) is 6.64. The molecule has 7 nitrogen and oxygen atoms in total. The van der Waals surface area contributed by atoms with Crippen LogP contribution in [-0.4, -0.2) is 38.0 Å². The SMILES string of the molecule is CCOC(=O)OCOc1c(-c2ccc(-c3cccc(OC(F)(F)F)c3)cc2)c(C)nc2cc(OC)c(Cl)cc12. The first-order valence-corrected chi connectivity index (χ1v) is 12.0. The number of carbonyl (C=O) groups excluding carboxylic acids is 1. The molecule has 0 aliphatic heterocycles. The van der Waals surface area contributed by atoms with Crippen LogP contribution < -0.4 is 14.2 Å². The Bertz CT molecular complexity index is 1490. The van der Waals surface area contributed by atoms with Crippen molar-refractivity contribution in [2.24, 2.45) is 0 Å². The van der Waals surface area contributed by atoms with Gasteiger partial charge in [0.25, 0.3) is 0 Å². The Morgan fingerprint density at radius 3 is 2.36 bits per heavy atom. The molecule has 0 saturated carbocycles. The second-order valence-corrected chi connectivity index (χ2v) is 8.55. The summed E-state index contributed by atoms with van der Waals surface area (Å²) in [5.41, 5.74) is 3.66. The molecule has 39 heavy (non-hydrogen) atoms. The van der Waals surface area contributed by atoms with Crippen molar-refractivity contribution in [3.63, 3.8) is 0 Å². The third-order valence-electron chi connectivity index (χ3n) is 5.61. The van der Waals surface area contributed by atoms with Crippen LogP contribution in [0.15, 0.2) is 60.7 Å². The van der Waals surface area contributed by atoms with E-state index >= 15 is 0 Å². The number of pyridine rings is 1. The maximum Gasteiger partial charge on any atom is 0.573 e. The lowest BCUT2D eigenvalue weighted by molar-refractivity contribution is -0.274. The lowest BCUT2D eigenvalue weighted by Gasteiger charge is -2.18. The molecule has 0 unspecified atom stereocenters. The van der Waals surface area contributed by atoms with Crippen molar-refractivity contribution in [3.8, 4) is 39.5 Å². The van der Waals surface area contributed by atoms with E-state index in [-0.39, 0.29) is 12.4 Å². The van der Waals surface area contributed by atoms with E-state index in [1.54, 1.807) is 56.3 Å². The van der Waals surface area contributed by atoms with Gasteiger partial charge in [-0.3, -0.25) is 4.98 Å². The number of alkyl halides is 3. The van der Waals surface area contributed by atoms with Crippen LogP contribution in [0.2, 0.25) is 5.02 Å². The van der Waals surface area contributed by atoms with E-state index in [1.807, 2.05) is 0 Å². The van der Waals surface area contributed by atoms with Crippen LogP contribution in [0.4, 0.5) is 18.0 Å². The van der Waals surface area contributed by atoms with Gasteiger partial charge in [-0.05, 0) is 48.7 Å². The number of rotatable bonds is 8. The second kappa shape index (κ2) is 11.7. The minimum atomic E-state index is -4.79. The van der Waals surface area contributed by atoms with Crippen LogP contribution in [0.5, 0.6) is 17.2 Å². The summed E-state index contributed by atoms with van der Waals surface area (Å²) in [7, 11) is 1.49. The number of benzene rings is 3. The van der Waals surface area contributed by atoms with Gasteiger partial charge in [0.05, 0.1) is 24.3 Å². The molecule has 4 rings (SSSR count). The average Bonchev–Trinajstić information content (AvgIpc) is 2.88. The molecule has 1 heterocycles. The van der Waals surface area contributed by atoms with Crippen molar-refractivity contribution in [1.82, 2.24) is 4.98 Å². The summed E-state index contributed by atoms with van der Waals surface area (Å²) in [6.07, 6.45) is -5.67. The first kappa shape index (κ1) is 27.8. The minimum absolute atomic E-state index is 0.147. The van der Waals surface area contributed by atoms with Gasteiger partial charge in [-0.15, -0.1) is 13.2 Å². The third-order valence-corrected chi connectivity index (χ3v) is 5.90. The predicted molar refractivity (Wildman–Crippen MR) is 139 cm³/mol. The van der Waals surface area contributed by atoms with Crippen molar-refractivity contribution >= 4 is 28.7 Å². The summed E-state index contributed by atoms with van der Waals surface area (Å²) in [4.78, 5) is 16.4. The normalized spacial score (nSPS) is 11.3. The zero-order valence-corrected chi connectivity index (χ0v) is 21.9. The number of halogens is 4. The maximum atomic E-state index is 12.7. The largest absolute Gasteiger partial charge is 0.573 e. The van der Waals surface area contributed by atoms with Crippen LogP contribution in [-0.2, 0) is 9.47 Å². The molecule has 204 valence electrons. The smallest absolute Gasteiger partial charge is 0.495 e. The molecule has 0 fully saturated rings. The lowest BCUT2D eigenvalue weighted by atomic mass is 9.97. The first-order valence-electron chi connectivity index (χ1n) is 11.7. The number of aryl methyl sites for hydroxylation is 1. The number of ether oxygens (including phenoxy) is 5. The molecular weight excluding hydrogens is 539 g/mol. The summed E-state index contributed by atoms with van der Waals surface area (Å²) >= 11 is 6.39. The van der Waals surface area contributed by atoms with Gasteiger partial charge in [0.2, 0.25) is 6.79 Å².